The number of hydrogen-bond donors (Lipinski definition) is 0. The van der Waals surface area contributed by atoms with Gasteiger partial charge >= 0.3 is 0 Å². The number of nitrogens with zero attached hydrogens (tertiary/aromatic N) is 3. The minimum Gasteiger partial charge on any atom is -0.282 e. The van der Waals surface area contributed by atoms with Crippen LogP contribution in [0.3, 0.4) is 0 Å². The van der Waals surface area contributed by atoms with E-state index < -0.39 is 0 Å². The molecule has 0 radical (unpaired) electrons. The maximum Gasteiger partial charge on any atom is 0.282 e. The van der Waals surface area contributed by atoms with Crippen molar-refractivity contribution >= 4 is 29.2 Å². The molecule has 0 saturated carbocycles. The van der Waals surface area contributed by atoms with Gasteiger partial charge in [-0.2, -0.15) is 0 Å². The topological polar surface area (TPSA) is 39.2 Å². The SMILES string of the molecule is [C-]#[N+]c1c(SC)nc(-c2ccc(SC)cc2)n(-c2ccc(C(C)(C)C)cc2)c1=O. The van der Waals surface area contributed by atoms with Crippen molar-refractivity contribution in [1.29, 1.82) is 0 Å². The lowest BCUT2D eigenvalue weighted by molar-refractivity contribution is 0.590. The quantitative estimate of drug-likeness (QED) is 0.286. The van der Waals surface area contributed by atoms with Crippen LogP contribution in [0.15, 0.2) is 63.2 Å². The van der Waals surface area contributed by atoms with Crippen LogP contribution in [0.25, 0.3) is 21.9 Å². The molecule has 0 fully saturated rings. The van der Waals surface area contributed by atoms with Crippen LogP contribution in [0.4, 0.5) is 5.69 Å². The number of thioether (sulfide) groups is 2. The van der Waals surface area contributed by atoms with Crippen LogP contribution in [0.2, 0.25) is 0 Å². The molecule has 0 atom stereocenters. The van der Waals surface area contributed by atoms with Gasteiger partial charge in [0.05, 0.1) is 6.57 Å². The van der Waals surface area contributed by atoms with Crippen LogP contribution in [-0.2, 0) is 5.41 Å². The molecule has 3 aromatic rings. The molecule has 29 heavy (non-hydrogen) atoms. The smallest absolute Gasteiger partial charge is 0.282 e. The minimum absolute atomic E-state index is 0.0165. The molecule has 0 amide bonds. The molecule has 3 rings (SSSR count). The molecule has 0 aliphatic heterocycles. The summed E-state index contributed by atoms with van der Waals surface area (Å²) in [5.41, 5.74) is 2.46. The zero-order valence-electron chi connectivity index (χ0n) is 17.2. The highest BCUT2D eigenvalue weighted by Crippen LogP contribution is 2.30. The number of rotatable bonds is 4. The predicted octanol–water partition coefficient (Wildman–Crippen LogP) is 6.19. The molecule has 1 heterocycles. The molecule has 0 bridgehead atoms. The van der Waals surface area contributed by atoms with E-state index in [0.717, 1.165) is 10.5 Å². The molecule has 0 aliphatic rings. The van der Waals surface area contributed by atoms with Gasteiger partial charge in [-0.05, 0) is 47.8 Å². The van der Waals surface area contributed by atoms with Gasteiger partial charge in [-0.3, -0.25) is 9.36 Å². The molecule has 148 valence electrons. The Morgan fingerprint density at radius 2 is 1.59 bits per heavy atom. The average molecular weight is 422 g/mol. The van der Waals surface area contributed by atoms with Gasteiger partial charge in [0.15, 0.2) is 0 Å². The maximum absolute atomic E-state index is 13.3. The number of hydrogen-bond acceptors (Lipinski definition) is 4. The monoisotopic (exact) mass is 421 g/mol. The van der Waals surface area contributed by atoms with Crippen LogP contribution in [0, 0.1) is 6.57 Å². The highest BCUT2D eigenvalue weighted by Gasteiger charge is 2.20. The minimum atomic E-state index is -0.341. The molecule has 0 unspecified atom stereocenters. The fourth-order valence-corrected chi connectivity index (χ4v) is 3.93. The average Bonchev–Trinajstić information content (AvgIpc) is 2.72. The number of aromatic nitrogens is 2. The van der Waals surface area contributed by atoms with E-state index in [4.69, 9.17) is 11.6 Å². The van der Waals surface area contributed by atoms with Gasteiger partial charge in [0.25, 0.3) is 11.2 Å². The molecule has 1 aromatic heterocycles. The fraction of sp³-hybridized carbons (Fsp3) is 0.261. The Hall–Kier alpha value is -2.49. The van der Waals surface area contributed by atoms with E-state index in [0.29, 0.717) is 16.5 Å². The van der Waals surface area contributed by atoms with E-state index in [1.165, 1.54) is 17.3 Å². The first-order valence-corrected chi connectivity index (χ1v) is 11.6. The molecule has 0 aliphatic carbocycles. The van der Waals surface area contributed by atoms with Gasteiger partial charge < -0.3 is 0 Å². The normalized spacial score (nSPS) is 11.3. The van der Waals surface area contributed by atoms with Crippen molar-refractivity contribution in [3.05, 3.63) is 75.9 Å². The Morgan fingerprint density at radius 1 is 0.966 bits per heavy atom. The second kappa shape index (κ2) is 8.48. The molecule has 2 aromatic carbocycles. The van der Waals surface area contributed by atoms with E-state index >= 15 is 0 Å². The molecule has 0 saturated heterocycles. The lowest BCUT2D eigenvalue weighted by Gasteiger charge is -2.20. The molecular formula is C23H23N3OS2. The highest BCUT2D eigenvalue weighted by atomic mass is 32.2. The van der Waals surface area contributed by atoms with E-state index in [9.17, 15) is 4.79 Å². The summed E-state index contributed by atoms with van der Waals surface area (Å²) in [6.45, 7) is 13.9. The van der Waals surface area contributed by atoms with Crippen molar-refractivity contribution in [3.63, 3.8) is 0 Å². The van der Waals surface area contributed by atoms with Crippen LogP contribution >= 0.6 is 23.5 Å². The molecule has 6 heteroatoms. The Bertz CT molecular complexity index is 1120. The summed E-state index contributed by atoms with van der Waals surface area (Å²) in [6.07, 6.45) is 3.86. The first kappa shape index (κ1) is 21.2. The predicted molar refractivity (Wildman–Crippen MR) is 124 cm³/mol. The lowest BCUT2D eigenvalue weighted by atomic mass is 9.87. The van der Waals surface area contributed by atoms with Crippen molar-refractivity contribution in [2.24, 2.45) is 0 Å². The summed E-state index contributed by atoms with van der Waals surface area (Å²) in [5.74, 6) is 0.544. The van der Waals surface area contributed by atoms with Crippen LogP contribution in [0.1, 0.15) is 26.3 Å². The van der Waals surface area contributed by atoms with Crippen molar-refractivity contribution in [2.45, 2.75) is 36.1 Å². The summed E-state index contributed by atoms with van der Waals surface area (Å²) in [7, 11) is 0. The second-order valence-corrected chi connectivity index (χ2v) is 9.25. The van der Waals surface area contributed by atoms with Crippen molar-refractivity contribution in [3.8, 4) is 17.1 Å². The van der Waals surface area contributed by atoms with Crippen molar-refractivity contribution in [2.75, 3.05) is 12.5 Å². The van der Waals surface area contributed by atoms with Gasteiger partial charge in [0.1, 0.15) is 10.9 Å². The third-order valence-corrected chi connectivity index (χ3v) is 6.09. The molecule has 0 N–H and O–H groups in total. The first-order valence-electron chi connectivity index (χ1n) is 9.14. The Balaban J connectivity index is 2.28. The number of benzene rings is 2. The third-order valence-electron chi connectivity index (χ3n) is 4.67. The Morgan fingerprint density at radius 3 is 2.07 bits per heavy atom. The summed E-state index contributed by atoms with van der Waals surface area (Å²) in [5, 5.41) is 0.455. The van der Waals surface area contributed by atoms with Gasteiger partial charge in [0.2, 0.25) is 0 Å². The van der Waals surface area contributed by atoms with E-state index in [1.807, 2.05) is 61.0 Å². The summed E-state index contributed by atoms with van der Waals surface area (Å²) in [6, 6.07) is 15.9. The summed E-state index contributed by atoms with van der Waals surface area (Å²) >= 11 is 2.98. The largest absolute Gasteiger partial charge is 0.282 e. The second-order valence-electron chi connectivity index (χ2n) is 7.57. The van der Waals surface area contributed by atoms with E-state index in [-0.39, 0.29) is 16.7 Å². The fourth-order valence-electron chi connectivity index (χ4n) is 3.01. The molecule has 0 spiro atoms. The van der Waals surface area contributed by atoms with Gasteiger partial charge in [-0.15, -0.1) is 23.5 Å². The van der Waals surface area contributed by atoms with E-state index in [1.54, 1.807) is 16.3 Å². The Labute approximate surface area is 180 Å². The highest BCUT2D eigenvalue weighted by molar-refractivity contribution is 7.98. The van der Waals surface area contributed by atoms with Crippen molar-refractivity contribution < 1.29 is 0 Å². The van der Waals surface area contributed by atoms with Gasteiger partial charge in [-0.1, -0.05) is 45.0 Å². The van der Waals surface area contributed by atoms with Gasteiger partial charge in [0, 0.05) is 16.1 Å². The maximum atomic E-state index is 13.3. The zero-order chi connectivity index (χ0) is 21.2. The van der Waals surface area contributed by atoms with E-state index in [2.05, 4.69) is 25.6 Å². The third kappa shape index (κ3) is 4.26. The summed E-state index contributed by atoms with van der Waals surface area (Å²) < 4.78 is 1.55. The zero-order valence-corrected chi connectivity index (χ0v) is 18.8. The van der Waals surface area contributed by atoms with Crippen LogP contribution in [-0.4, -0.2) is 22.1 Å². The standard InChI is InChI=1S/C23H23N3OS2/c1-23(2,3)16-9-11-17(12-10-16)26-20(15-7-13-18(28-5)14-8-15)25-21(29-6)19(24-4)22(26)27/h7-14H,1-3,5-6H3. The Kier molecular flexibility index (Phi) is 6.21. The van der Waals surface area contributed by atoms with Crippen LogP contribution < -0.4 is 5.56 Å². The van der Waals surface area contributed by atoms with Crippen LogP contribution in [0.5, 0.6) is 0 Å². The summed E-state index contributed by atoms with van der Waals surface area (Å²) in [4.78, 5) is 22.6. The molecular weight excluding hydrogens is 398 g/mol. The lowest BCUT2D eigenvalue weighted by Crippen LogP contribution is -2.22. The van der Waals surface area contributed by atoms with Crippen molar-refractivity contribution in [1.82, 2.24) is 9.55 Å². The van der Waals surface area contributed by atoms with Gasteiger partial charge in [-0.25, -0.2) is 9.83 Å². The molecule has 4 nitrogen and oxygen atoms in total. The first-order chi connectivity index (χ1) is 13.8.